The molecule has 29 heavy (non-hydrogen) atoms. The Morgan fingerprint density at radius 1 is 0.483 bits per heavy atom. The quantitative estimate of drug-likeness (QED) is 0.111. The van der Waals surface area contributed by atoms with Gasteiger partial charge < -0.3 is 0 Å². The van der Waals surface area contributed by atoms with Crippen LogP contribution in [0.25, 0.3) is 0 Å². The molecule has 5 heteroatoms. The minimum Gasteiger partial charge on any atom is -0.284 e. The predicted octanol–water partition coefficient (Wildman–Crippen LogP) is 9.94. The average molecular weight is 437 g/mol. The number of unbranched alkanes of at least 4 members (excludes halogenated alkanes) is 18. The van der Waals surface area contributed by atoms with Crippen molar-refractivity contribution in [2.45, 2.75) is 142 Å². The van der Waals surface area contributed by atoms with E-state index in [4.69, 9.17) is 9.05 Å². The summed E-state index contributed by atoms with van der Waals surface area (Å²) in [4.78, 5) is 0. The van der Waals surface area contributed by atoms with Gasteiger partial charge in [-0.25, -0.2) is 4.57 Å². The van der Waals surface area contributed by atoms with E-state index in [9.17, 15) is 8.76 Å². The summed E-state index contributed by atoms with van der Waals surface area (Å²) >= 11 is 0. The first-order valence-corrected chi connectivity index (χ1v) is 14.1. The summed E-state index contributed by atoms with van der Waals surface area (Å²) < 4.78 is 35.1. The molecule has 0 rings (SSSR count). The lowest BCUT2D eigenvalue weighted by Crippen LogP contribution is -1.96. The lowest BCUT2D eigenvalue weighted by molar-refractivity contribution is 0.169. The molecule has 0 N–H and O–H groups in total. The molecule has 0 aliphatic carbocycles. The number of hydrogen-bond donors (Lipinski definition) is 0. The van der Waals surface area contributed by atoms with Crippen molar-refractivity contribution in [2.24, 2.45) is 0 Å². The maximum Gasteiger partial charge on any atom is 0.513 e. The summed E-state index contributed by atoms with van der Waals surface area (Å²) in [7, 11) is -4.35. The molecule has 0 aliphatic heterocycles. The van der Waals surface area contributed by atoms with Crippen LogP contribution in [0.15, 0.2) is 0 Å². The molecule has 0 bridgehead atoms. The van der Waals surface area contributed by atoms with Crippen molar-refractivity contribution in [3.8, 4) is 0 Å². The van der Waals surface area contributed by atoms with Crippen LogP contribution < -0.4 is 0 Å². The summed E-state index contributed by atoms with van der Waals surface area (Å²) in [5.41, 5.74) is 0. The van der Waals surface area contributed by atoms with Crippen molar-refractivity contribution < 1.29 is 17.8 Å². The Kier molecular flexibility index (Phi) is 22.8. The first kappa shape index (κ1) is 29.1. The fraction of sp³-hybridized carbons (Fsp3) is 1.00. The van der Waals surface area contributed by atoms with Gasteiger partial charge in [0, 0.05) is 0 Å². The molecule has 0 radical (unpaired) electrons. The minimum absolute atomic E-state index is 0.197. The highest BCUT2D eigenvalue weighted by Gasteiger charge is 2.23. The Morgan fingerprint density at radius 2 is 0.724 bits per heavy atom. The Hall–Kier alpha value is 0.0800. The minimum atomic E-state index is -4.35. The second kappa shape index (κ2) is 22.8. The molecule has 176 valence electrons. The predicted molar refractivity (Wildman–Crippen MR) is 124 cm³/mol. The van der Waals surface area contributed by atoms with Crippen molar-refractivity contribution in [3.05, 3.63) is 0 Å². The summed E-state index contributed by atoms with van der Waals surface area (Å²) in [5.74, 6) is 0. The molecule has 3 nitrogen and oxygen atoms in total. The Bertz CT molecular complexity index is 336. The highest BCUT2D eigenvalue weighted by Crippen LogP contribution is 2.50. The zero-order valence-electron chi connectivity index (χ0n) is 19.6. The standard InChI is InChI=1S/C24H50FO3P/c1-3-5-7-9-11-13-15-17-19-21-23-27-29(25,26)28-24-22-20-18-16-14-12-10-8-6-4-2/h3-24H2,1-2H3. The van der Waals surface area contributed by atoms with Crippen LogP contribution in [-0.4, -0.2) is 13.2 Å². The summed E-state index contributed by atoms with van der Waals surface area (Å²) in [6.45, 7) is 4.87. The number of rotatable bonds is 24. The molecule has 0 spiro atoms. The van der Waals surface area contributed by atoms with Crippen LogP contribution in [0, 0.1) is 0 Å². The molecule has 0 aromatic heterocycles. The van der Waals surface area contributed by atoms with E-state index in [1.54, 1.807) is 0 Å². The van der Waals surface area contributed by atoms with Crippen molar-refractivity contribution in [2.75, 3.05) is 13.2 Å². The van der Waals surface area contributed by atoms with Gasteiger partial charge in [0.05, 0.1) is 13.2 Å². The second-order valence-corrected chi connectivity index (χ2v) is 9.84. The third-order valence-corrected chi connectivity index (χ3v) is 6.47. The first-order chi connectivity index (χ1) is 14.1. The van der Waals surface area contributed by atoms with Crippen LogP contribution in [-0.2, 0) is 13.6 Å². The normalized spacial score (nSPS) is 12.0. The molecule has 0 aromatic carbocycles. The van der Waals surface area contributed by atoms with E-state index >= 15 is 0 Å². The summed E-state index contributed by atoms with van der Waals surface area (Å²) in [6, 6.07) is 0. The van der Waals surface area contributed by atoms with E-state index in [2.05, 4.69) is 13.8 Å². The monoisotopic (exact) mass is 436 g/mol. The van der Waals surface area contributed by atoms with Gasteiger partial charge in [-0.15, -0.1) is 4.20 Å². The molecule has 0 aromatic rings. The molecule has 0 unspecified atom stereocenters. The zero-order valence-corrected chi connectivity index (χ0v) is 20.5. The van der Waals surface area contributed by atoms with Gasteiger partial charge in [0.1, 0.15) is 0 Å². The molecule has 0 saturated heterocycles. The van der Waals surface area contributed by atoms with E-state index in [0.29, 0.717) is 0 Å². The van der Waals surface area contributed by atoms with Gasteiger partial charge in [0.15, 0.2) is 0 Å². The SMILES string of the molecule is CCCCCCCCCCCCOP(=O)(F)OCCCCCCCCCCCC. The smallest absolute Gasteiger partial charge is 0.284 e. The van der Waals surface area contributed by atoms with Crippen molar-refractivity contribution in [1.29, 1.82) is 0 Å². The molecule has 0 fully saturated rings. The van der Waals surface area contributed by atoms with Crippen molar-refractivity contribution in [3.63, 3.8) is 0 Å². The summed E-state index contributed by atoms with van der Waals surface area (Å²) in [6.07, 6.45) is 24.2. The number of halogens is 1. The lowest BCUT2D eigenvalue weighted by atomic mass is 10.1. The van der Waals surface area contributed by atoms with Gasteiger partial charge >= 0.3 is 7.91 Å². The third-order valence-electron chi connectivity index (χ3n) is 5.49. The van der Waals surface area contributed by atoms with Gasteiger partial charge in [0.25, 0.3) is 0 Å². The largest absolute Gasteiger partial charge is 0.513 e. The molecule has 0 amide bonds. The molecule has 0 saturated carbocycles. The number of hydrogen-bond acceptors (Lipinski definition) is 3. The fourth-order valence-corrected chi connectivity index (χ4v) is 4.33. The molecule has 0 aliphatic rings. The lowest BCUT2D eigenvalue weighted by Gasteiger charge is -2.10. The topological polar surface area (TPSA) is 35.5 Å². The van der Waals surface area contributed by atoms with E-state index in [0.717, 1.165) is 38.5 Å². The highest BCUT2D eigenvalue weighted by atomic mass is 31.2. The van der Waals surface area contributed by atoms with Gasteiger partial charge in [-0.05, 0) is 12.8 Å². The van der Waals surface area contributed by atoms with Gasteiger partial charge in [0.2, 0.25) is 0 Å². The maximum absolute atomic E-state index is 13.8. The Balaban J connectivity index is 3.31. The van der Waals surface area contributed by atoms with Gasteiger partial charge in [-0.2, -0.15) is 0 Å². The maximum atomic E-state index is 13.8. The highest BCUT2D eigenvalue weighted by molar-refractivity contribution is 7.48. The van der Waals surface area contributed by atoms with Crippen LogP contribution in [0.5, 0.6) is 0 Å². The first-order valence-electron chi connectivity index (χ1n) is 12.7. The van der Waals surface area contributed by atoms with E-state index in [-0.39, 0.29) is 13.2 Å². The third kappa shape index (κ3) is 24.2. The summed E-state index contributed by atoms with van der Waals surface area (Å²) in [5, 5.41) is 0. The zero-order chi connectivity index (χ0) is 21.5. The molecular weight excluding hydrogens is 386 g/mol. The Morgan fingerprint density at radius 3 is 1.00 bits per heavy atom. The van der Waals surface area contributed by atoms with Gasteiger partial charge in [-0.1, -0.05) is 129 Å². The molecule has 0 atom stereocenters. The average Bonchev–Trinajstić information content (AvgIpc) is 2.70. The van der Waals surface area contributed by atoms with Crippen LogP contribution in [0.4, 0.5) is 4.20 Å². The van der Waals surface area contributed by atoms with Gasteiger partial charge in [-0.3, -0.25) is 9.05 Å². The molecular formula is C24H50FO3P. The second-order valence-electron chi connectivity index (χ2n) is 8.46. The van der Waals surface area contributed by atoms with E-state index in [1.165, 1.54) is 89.9 Å². The van der Waals surface area contributed by atoms with Crippen molar-refractivity contribution >= 4 is 7.91 Å². The molecule has 0 heterocycles. The van der Waals surface area contributed by atoms with Crippen LogP contribution in [0.2, 0.25) is 0 Å². The van der Waals surface area contributed by atoms with E-state index < -0.39 is 7.91 Å². The van der Waals surface area contributed by atoms with Crippen molar-refractivity contribution in [1.82, 2.24) is 0 Å². The van der Waals surface area contributed by atoms with Crippen LogP contribution in [0.1, 0.15) is 142 Å². The van der Waals surface area contributed by atoms with Crippen LogP contribution >= 0.6 is 7.91 Å². The van der Waals surface area contributed by atoms with Crippen LogP contribution in [0.3, 0.4) is 0 Å². The Labute approximate surface area is 181 Å². The van der Waals surface area contributed by atoms with E-state index in [1.807, 2.05) is 0 Å². The fourth-order valence-electron chi connectivity index (χ4n) is 3.56.